The molecule has 0 heterocycles. The van der Waals surface area contributed by atoms with Gasteiger partial charge in [-0.3, -0.25) is 14.8 Å². The summed E-state index contributed by atoms with van der Waals surface area (Å²) in [6, 6.07) is 8.08. The molecule has 2 aromatic carbocycles. The standard InChI is InChI=1S/C12H8ClFN2O4S/c13-8-5-6-11(16(17)18)10(7-8)15-21(19,20)12-4-2-1-3-9(12)14/h1-7,15H. The molecule has 0 aliphatic heterocycles. The normalized spacial score (nSPS) is 11.1. The first kappa shape index (κ1) is 15.2. The van der Waals surface area contributed by atoms with E-state index in [1.54, 1.807) is 0 Å². The molecule has 0 spiro atoms. The zero-order valence-corrected chi connectivity index (χ0v) is 11.9. The maximum atomic E-state index is 13.5. The minimum Gasteiger partial charge on any atom is -0.273 e. The Morgan fingerprint density at radius 2 is 1.86 bits per heavy atom. The fourth-order valence-electron chi connectivity index (χ4n) is 1.61. The van der Waals surface area contributed by atoms with Crippen molar-refractivity contribution < 1.29 is 17.7 Å². The van der Waals surface area contributed by atoms with E-state index in [-0.39, 0.29) is 10.7 Å². The van der Waals surface area contributed by atoms with Gasteiger partial charge in [-0.25, -0.2) is 12.8 Å². The predicted octanol–water partition coefficient (Wildman–Crippen LogP) is 3.19. The van der Waals surface area contributed by atoms with Crippen LogP contribution in [-0.4, -0.2) is 13.3 Å². The van der Waals surface area contributed by atoms with Crippen LogP contribution in [-0.2, 0) is 10.0 Å². The van der Waals surface area contributed by atoms with Crippen LogP contribution >= 0.6 is 11.6 Å². The minimum atomic E-state index is -4.30. The number of nitro groups is 1. The van der Waals surface area contributed by atoms with Crippen molar-refractivity contribution in [2.24, 2.45) is 0 Å². The molecule has 0 aliphatic carbocycles. The lowest BCUT2D eigenvalue weighted by molar-refractivity contribution is -0.383. The van der Waals surface area contributed by atoms with Gasteiger partial charge in [-0.15, -0.1) is 0 Å². The minimum absolute atomic E-state index is 0.104. The van der Waals surface area contributed by atoms with Gasteiger partial charge in [0.25, 0.3) is 15.7 Å². The summed E-state index contributed by atoms with van der Waals surface area (Å²) in [7, 11) is -4.30. The number of benzene rings is 2. The first-order valence-corrected chi connectivity index (χ1v) is 7.38. The SMILES string of the molecule is O=[N+]([O-])c1ccc(Cl)cc1NS(=O)(=O)c1ccccc1F. The lowest BCUT2D eigenvalue weighted by Gasteiger charge is -2.09. The third-order valence-electron chi connectivity index (χ3n) is 2.53. The van der Waals surface area contributed by atoms with Gasteiger partial charge in [0.2, 0.25) is 0 Å². The van der Waals surface area contributed by atoms with Gasteiger partial charge >= 0.3 is 0 Å². The van der Waals surface area contributed by atoms with E-state index in [0.29, 0.717) is 0 Å². The van der Waals surface area contributed by atoms with Crippen molar-refractivity contribution >= 4 is 33.0 Å². The fourth-order valence-corrected chi connectivity index (χ4v) is 2.93. The quantitative estimate of drug-likeness (QED) is 0.688. The molecule has 0 aliphatic rings. The Morgan fingerprint density at radius 3 is 2.48 bits per heavy atom. The lowest BCUT2D eigenvalue weighted by atomic mass is 10.3. The van der Waals surface area contributed by atoms with Gasteiger partial charge in [-0.05, 0) is 24.3 Å². The van der Waals surface area contributed by atoms with Gasteiger partial charge in [0, 0.05) is 11.1 Å². The highest BCUT2D eigenvalue weighted by atomic mass is 35.5. The number of hydrogen-bond acceptors (Lipinski definition) is 4. The van der Waals surface area contributed by atoms with Crippen LogP contribution in [0.25, 0.3) is 0 Å². The zero-order valence-electron chi connectivity index (χ0n) is 10.3. The third kappa shape index (κ3) is 3.29. The Balaban J connectivity index is 2.49. The van der Waals surface area contributed by atoms with Crippen LogP contribution in [0.2, 0.25) is 5.02 Å². The van der Waals surface area contributed by atoms with Crippen LogP contribution in [0.5, 0.6) is 0 Å². The average molecular weight is 331 g/mol. The molecule has 0 aromatic heterocycles. The number of nitro benzene ring substituents is 1. The van der Waals surface area contributed by atoms with Crippen LogP contribution in [0.1, 0.15) is 0 Å². The number of hydrogen-bond donors (Lipinski definition) is 1. The molecule has 2 aromatic rings. The van der Waals surface area contributed by atoms with Crippen molar-refractivity contribution in [2.45, 2.75) is 4.90 Å². The van der Waals surface area contributed by atoms with E-state index in [2.05, 4.69) is 0 Å². The number of nitrogens with one attached hydrogen (secondary N) is 1. The number of halogens is 2. The Labute approximate surface area is 124 Å². The van der Waals surface area contributed by atoms with E-state index >= 15 is 0 Å². The Bertz CT molecular complexity index is 811. The van der Waals surface area contributed by atoms with Crippen molar-refractivity contribution in [3.8, 4) is 0 Å². The summed E-state index contributed by atoms with van der Waals surface area (Å²) >= 11 is 5.70. The van der Waals surface area contributed by atoms with Gasteiger partial charge in [-0.2, -0.15) is 0 Å². The van der Waals surface area contributed by atoms with Gasteiger partial charge < -0.3 is 0 Å². The molecule has 0 radical (unpaired) electrons. The predicted molar refractivity (Wildman–Crippen MR) is 75.3 cm³/mol. The molecule has 0 saturated carbocycles. The van der Waals surface area contributed by atoms with Gasteiger partial charge in [-0.1, -0.05) is 23.7 Å². The maximum absolute atomic E-state index is 13.5. The second-order valence-corrected chi connectivity index (χ2v) is 6.04. The summed E-state index contributed by atoms with van der Waals surface area (Å²) in [6.45, 7) is 0. The van der Waals surface area contributed by atoms with Crippen molar-refractivity contribution in [3.05, 3.63) is 63.4 Å². The molecular formula is C12H8ClFN2O4S. The highest BCUT2D eigenvalue weighted by Crippen LogP contribution is 2.30. The van der Waals surface area contributed by atoms with E-state index in [4.69, 9.17) is 11.6 Å². The molecule has 0 unspecified atom stereocenters. The molecule has 0 amide bonds. The van der Waals surface area contributed by atoms with Crippen LogP contribution in [0.4, 0.5) is 15.8 Å². The summed E-state index contributed by atoms with van der Waals surface area (Å²) in [5.74, 6) is -0.963. The molecule has 110 valence electrons. The van der Waals surface area contributed by atoms with Gasteiger partial charge in [0.05, 0.1) is 4.92 Å². The van der Waals surface area contributed by atoms with E-state index in [1.165, 1.54) is 18.2 Å². The summed E-state index contributed by atoms with van der Waals surface area (Å²) in [5, 5.41) is 11.0. The largest absolute Gasteiger partial charge is 0.293 e. The lowest BCUT2D eigenvalue weighted by Crippen LogP contribution is -2.15. The number of sulfonamides is 1. The molecular weight excluding hydrogens is 323 g/mol. The highest BCUT2D eigenvalue weighted by Gasteiger charge is 2.23. The van der Waals surface area contributed by atoms with Gasteiger partial charge in [0.1, 0.15) is 16.4 Å². The van der Waals surface area contributed by atoms with Crippen LogP contribution in [0, 0.1) is 15.9 Å². The monoisotopic (exact) mass is 330 g/mol. The van der Waals surface area contributed by atoms with E-state index < -0.39 is 31.3 Å². The summed E-state index contributed by atoms with van der Waals surface area (Å²) in [4.78, 5) is 9.50. The summed E-state index contributed by atoms with van der Waals surface area (Å²) in [5.41, 5.74) is -0.824. The molecule has 0 bridgehead atoms. The molecule has 6 nitrogen and oxygen atoms in total. The molecule has 2 rings (SSSR count). The smallest absolute Gasteiger partial charge is 0.273 e. The Kier molecular flexibility index (Phi) is 4.10. The third-order valence-corrected chi connectivity index (χ3v) is 4.16. The van der Waals surface area contributed by atoms with Crippen LogP contribution in [0.3, 0.4) is 0 Å². The molecule has 0 fully saturated rings. The van der Waals surface area contributed by atoms with Gasteiger partial charge in [0.15, 0.2) is 0 Å². The summed E-state index contributed by atoms with van der Waals surface area (Å²) in [6.07, 6.45) is 0. The topological polar surface area (TPSA) is 89.3 Å². The molecule has 21 heavy (non-hydrogen) atoms. The highest BCUT2D eigenvalue weighted by molar-refractivity contribution is 7.92. The molecule has 0 saturated heterocycles. The Hall–Kier alpha value is -2.19. The fraction of sp³-hybridized carbons (Fsp3) is 0. The number of nitrogens with zero attached hydrogens (tertiary/aromatic N) is 1. The first-order valence-electron chi connectivity index (χ1n) is 5.52. The van der Waals surface area contributed by atoms with E-state index in [9.17, 15) is 22.9 Å². The summed E-state index contributed by atoms with van der Waals surface area (Å²) < 4.78 is 39.7. The van der Waals surface area contributed by atoms with Crippen molar-refractivity contribution in [1.82, 2.24) is 0 Å². The average Bonchev–Trinajstić information content (AvgIpc) is 2.38. The van der Waals surface area contributed by atoms with Crippen molar-refractivity contribution in [2.75, 3.05) is 4.72 Å². The number of anilines is 1. The second kappa shape index (κ2) is 5.66. The van der Waals surface area contributed by atoms with Crippen molar-refractivity contribution in [1.29, 1.82) is 0 Å². The Morgan fingerprint density at radius 1 is 1.19 bits per heavy atom. The first-order chi connectivity index (χ1) is 9.81. The molecule has 1 N–H and O–H groups in total. The maximum Gasteiger partial charge on any atom is 0.293 e. The van der Waals surface area contributed by atoms with E-state index in [0.717, 1.165) is 24.3 Å². The molecule has 9 heteroatoms. The van der Waals surface area contributed by atoms with E-state index in [1.807, 2.05) is 4.72 Å². The second-order valence-electron chi connectivity index (χ2n) is 3.95. The van der Waals surface area contributed by atoms with Crippen LogP contribution in [0.15, 0.2) is 47.4 Å². The zero-order chi connectivity index (χ0) is 15.6. The molecule has 0 atom stereocenters. The number of rotatable bonds is 4. The van der Waals surface area contributed by atoms with Crippen molar-refractivity contribution in [3.63, 3.8) is 0 Å². The van der Waals surface area contributed by atoms with Crippen LogP contribution < -0.4 is 4.72 Å².